The normalized spacial score (nSPS) is 32.3. The first-order valence-corrected chi connectivity index (χ1v) is 33.7. The molecule has 0 saturated heterocycles. The summed E-state index contributed by atoms with van der Waals surface area (Å²) in [7, 11) is 0. The molecule has 0 aromatic heterocycles. The summed E-state index contributed by atoms with van der Waals surface area (Å²) < 4.78 is 22.8. The van der Waals surface area contributed by atoms with Crippen molar-refractivity contribution >= 4 is 23.9 Å². The maximum Gasteiger partial charge on any atom is 1.00 e. The van der Waals surface area contributed by atoms with E-state index in [1.807, 2.05) is 0 Å². The van der Waals surface area contributed by atoms with Gasteiger partial charge in [0.05, 0.1) is 63.7 Å². The van der Waals surface area contributed by atoms with E-state index in [2.05, 4.69) is 81.4 Å². The molecule has 0 spiro atoms. The molecule has 0 heterocycles. The third-order valence-electron chi connectivity index (χ3n) is 24.1. The van der Waals surface area contributed by atoms with Crippen LogP contribution in [0.5, 0.6) is 0 Å². The number of rotatable bonds is 28. The molecule has 6 fully saturated rings. The van der Waals surface area contributed by atoms with Gasteiger partial charge in [0.25, 0.3) is 0 Å². The minimum absolute atomic E-state index is 0. The van der Waals surface area contributed by atoms with E-state index in [1.54, 1.807) is 29.9 Å². The Labute approximate surface area is 588 Å². The monoisotopic (exact) mass is 1250 g/mol. The van der Waals surface area contributed by atoms with E-state index in [9.17, 15) is 29.4 Å². The van der Waals surface area contributed by atoms with Crippen molar-refractivity contribution in [2.45, 2.75) is 266 Å². The first-order chi connectivity index (χ1) is 38.9. The Bertz CT molecular complexity index is 2150. The summed E-state index contributed by atoms with van der Waals surface area (Å²) >= 11 is 0. The third kappa shape index (κ3) is 22.5. The number of nitrogens with zero attached hydrogens (tertiary/aromatic N) is 2. The summed E-state index contributed by atoms with van der Waals surface area (Å²) in [6.07, 6.45) is 34.0. The van der Waals surface area contributed by atoms with Gasteiger partial charge in [0.2, 0.25) is 0 Å². The Balaban J connectivity index is 0. The first-order valence-electron chi connectivity index (χ1n) is 33.7. The molecular formula is C74H133Li3N2O11. The van der Waals surface area contributed by atoms with E-state index >= 15 is 0 Å². The molecule has 0 aromatic carbocycles. The van der Waals surface area contributed by atoms with Crippen LogP contribution in [0.15, 0.2) is 23.3 Å². The van der Waals surface area contributed by atoms with Gasteiger partial charge in [0, 0.05) is 26.2 Å². The average Bonchev–Trinajstić information content (AvgIpc) is 1.33. The molecule has 0 aliphatic heterocycles. The standard InChI is InChI=1S/C37H63NO5.C33H55NO5.4CH4.3Li.H2O/c1-8-41-34(39)24-38(25-35(40)42-9-2)21-22-43-29-17-19-36(6)28(23-29)13-14-30-32-16-15-31(27(5)12-10-11-26(3)4)37(32,7)20-18-33(30)36;1-22(2)7-6-8-23(3)27-11-12-28-26-10-9-24-19-25(39-18-17-34(20-30(35)36)21-31(37)38)13-15-32(24,4)29(26)14-16-33(27,28)5;;;;;;;;/h13,26-27,29-33H,8-12,14-25H2,1-7H3;9,22-23,25-29H,6-8,10-21H2,1-5H3,(H,35,36)(H,37,38);4*1H4;;;;1H2/q;;;;;;3*+1;/p-3/t27-,29+,30?,31-,32?,33?,36+,37-;23-,25+,26?,27-,28?,29?,32+,33-;;;;;;;;/m11......../s1. The number of esters is 2. The molecule has 6 unspecified atom stereocenters. The van der Waals surface area contributed by atoms with Crippen LogP contribution >= 0.6 is 0 Å². The van der Waals surface area contributed by atoms with Crippen molar-refractivity contribution < 1.29 is 110 Å². The quantitative estimate of drug-likeness (QED) is 0.0549. The zero-order valence-corrected chi connectivity index (χ0v) is 57.3. The topological polar surface area (TPSA) is 188 Å². The maximum atomic E-state index is 12.1. The van der Waals surface area contributed by atoms with Crippen molar-refractivity contribution in [1.29, 1.82) is 0 Å². The van der Waals surface area contributed by atoms with E-state index in [4.69, 9.17) is 18.9 Å². The van der Waals surface area contributed by atoms with Crippen molar-refractivity contribution in [2.24, 2.45) is 92.7 Å². The van der Waals surface area contributed by atoms with Gasteiger partial charge < -0.3 is 44.2 Å². The van der Waals surface area contributed by atoms with Gasteiger partial charge in [-0.25, -0.2) is 0 Å². The molecule has 0 bridgehead atoms. The van der Waals surface area contributed by atoms with Crippen molar-refractivity contribution in [3.05, 3.63) is 23.3 Å². The number of allylic oxidation sites excluding steroid dienone is 2. The molecule has 508 valence electrons. The molecule has 0 aromatic rings. The smallest absolute Gasteiger partial charge is 0.870 e. The molecule has 8 aliphatic carbocycles. The van der Waals surface area contributed by atoms with E-state index in [-0.39, 0.29) is 141 Å². The second-order valence-electron chi connectivity index (χ2n) is 29.8. The number of ether oxygens (including phenoxy) is 4. The molecular weight excluding hydrogens is 1110 g/mol. The predicted octanol–water partition coefficient (Wildman–Crippen LogP) is 5.44. The number of carboxylic acids is 2. The minimum Gasteiger partial charge on any atom is -0.870 e. The molecule has 90 heavy (non-hydrogen) atoms. The van der Waals surface area contributed by atoms with Gasteiger partial charge in [-0.1, -0.05) is 161 Å². The predicted molar refractivity (Wildman–Crippen MR) is 351 cm³/mol. The van der Waals surface area contributed by atoms with Gasteiger partial charge in [-0.3, -0.25) is 19.4 Å². The molecule has 13 nitrogen and oxygen atoms in total. The fraction of sp³-hybridized carbons (Fsp3) is 0.892. The Morgan fingerprint density at radius 2 is 0.867 bits per heavy atom. The summed E-state index contributed by atoms with van der Waals surface area (Å²) in [5.74, 6) is 6.87. The summed E-state index contributed by atoms with van der Waals surface area (Å²) in [4.78, 5) is 49.2. The van der Waals surface area contributed by atoms with Gasteiger partial charge >= 0.3 is 68.5 Å². The molecule has 6 saturated carbocycles. The van der Waals surface area contributed by atoms with Crippen LogP contribution in [-0.4, -0.2) is 117 Å². The molecule has 8 rings (SSSR count). The zero-order valence-electron chi connectivity index (χ0n) is 57.3. The van der Waals surface area contributed by atoms with Crippen LogP contribution in [0, 0.1) is 92.7 Å². The largest absolute Gasteiger partial charge is 1.00 e. The molecule has 0 radical (unpaired) electrons. The van der Waals surface area contributed by atoms with E-state index in [1.165, 1.54) is 114 Å². The van der Waals surface area contributed by atoms with Gasteiger partial charge in [-0.2, -0.15) is 0 Å². The maximum absolute atomic E-state index is 12.1. The van der Waals surface area contributed by atoms with Crippen LogP contribution in [0.1, 0.15) is 254 Å². The van der Waals surface area contributed by atoms with Gasteiger partial charge in [-0.05, 0) is 209 Å². The number of hydrogen-bond donors (Lipinski definition) is 0. The zero-order chi connectivity index (χ0) is 59.6. The minimum atomic E-state index is -1.29. The second kappa shape index (κ2) is 41.3. The van der Waals surface area contributed by atoms with E-state index in [0.29, 0.717) is 49.2 Å². The number of carboxylic acid groups (broad SMARTS) is 2. The van der Waals surface area contributed by atoms with Crippen LogP contribution in [0.3, 0.4) is 0 Å². The van der Waals surface area contributed by atoms with Gasteiger partial charge in [0.15, 0.2) is 0 Å². The van der Waals surface area contributed by atoms with E-state index in [0.717, 1.165) is 103 Å². The van der Waals surface area contributed by atoms with Crippen molar-refractivity contribution in [3.8, 4) is 0 Å². The number of hydrogen-bond acceptors (Lipinski definition) is 13. The fourth-order valence-electron chi connectivity index (χ4n) is 19.9. The van der Waals surface area contributed by atoms with Crippen LogP contribution in [0.4, 0.5) is 0 Å². The van der Waals surface area contributed by atoms with Gasteiger partial charge in [0.1, 0.15) is 0 Å². The Morgan fingerprint density at radius 1 is 0.511 bits per heavy atom. The van der Waals surface area contributed by atoms with Crippen molar-refractivity contribution in [2.75, 3.05) is 65.7 Å². The number of carbonyl (C=O) groups is 4. The second-order valence-corrected chi connectivity index (χ2v) is 29.8. The Morgan fingerprint density at radius 3 is 1.20 bits per heavy atom. The summed E-state index contributed by atoms with van der Waals surface area (Å²) in [6.45, 7) is 30.1. The van der Waals surface area contributed by atoms with Crippen LogP contribution in [0.25, 0.3) is 0 Å². The SMILES string of the molecule is C.C.C.C.CC(C)CCC[C@@H](C)[C@H]1CCC2C3CC=C4C[C@@H](OCCN(CC(=O)[O-])CC(=O)[O-])CC[C@]4(C)C3CC[C@@]21C.CCOC(=O)CN(CCO[C@H]1CC[C@@]2(C)C(=CCC3C2CC[C@@]2(C)C3CC[C@@H]2[C@H](C)CCCC(C)C)C1)CC(=O)OCC.[Li+].[Li+].[Li+].[OH-]. The van der Waals surface area contributed by atoms with Crippen LogP contribution < -0.4 is 66.8 Å². The molecule has 8 aliphatic rings. The van der Waals surface area contributed by atoms with E-state index < -0.39 is 25.0 Å². The summed E-state index contributed by atoms with van der Waals surface area (Å²) in [6, 6.07) is 0. The number of fused-ring (bicyclic) bond motifs is 10. The Hall–Kier alpha value is -1.05. The number of aliphatic carboxylic acids is 2. The number of carbonyl (C=O) groups excluding carboxylic acids is 4. The Kier molecular flexibility index (Phi) is 41.7. The summed E-state index contributed by atoms with van der Waals surface area (Å²) in [5.41, 5.74) is 4.82. The summed E-state index contributed by atoms with van der Waals surface area (Å²) in [5, 5.41) is 21.9. The fourth-order valence-corrected chi connectivity index (χ4v) is 19.9. The van der Waals surface area contributed by atoms with Crippen molar-refractivity contribution in [1.82, 2.24) is 9.80 Å². The molecule has 16 heteroatoms. The average molecular weight is 1250 g/mol. The molecule has 16 atom stereocenters. The van der Waals surface area contributed by atoms with Crippen LogP contribution in [0.2, 0.25) is 0 Å². The van der Waals surface area contributed by atoms with Gasteiger partial charge in [-0.15, -0.1) is 0 Å². The first kappa shape index (κ1) is 91.0. The molecule has 0 amide bonds. The van der Waals surface area contributed by atoms with Crippen molar-refractivity contribution in [3.63, 3.8) is 0 Å². The van der Waals surface area contributed by atoms with Crippen LogP contribution in [-0.2, 0) is 38.1 Å². The third-order valence-corrected chi connectivity index (χ3v) is 24.1. The molecule has 1 N–H and O–H groups in total.